The van der Waals surface area contributed by atoms with Gasteiger partial charge in [0.25, 0.3) is 11.7 Å². The number of aliphatic hydroxyl groups excluding tert-OH is 1. The average Bonchev–Trinajstić information content (AvgIpc) is 3.21. The number of hydrogen-bond acceptors (Lipinski definition) is 6. The number of likely N-dealkylation sites (tertiary alicyclic amines) is 1. The molecule has 38 heavy (non-hydrogen) atoms. The number of carbonyl (C=O) groups is 2. The monoisotopic (exact) mass is 513 g/mol. The SMILES string of the molecule is CCCN1C(=O)C(=O)/C(=C(/O)c2ccc3c(c2)CCCO3)C1c1ccc(OCc2ccccc2)c(OC)c1. The van der Waals surface area contributed by atoms with Crippen molar-refractivity contribution in [3.05, 3.63) is 94.6 Å². The van der Waals surface area contributed by atoms with Crippen LogP contribution >= 0.6 is 0 Å². The van der Waals surface area contributed by atoms with Crippen LogP contribution in [0.3, 0.4) is 0 Å². The Balaban J connectivity index is 1.54. The summed E-state index contributed by atoms with van der Waals surface area (Å²) in [5.41, 5.74) is 3.21. The Labute approximate surface area is 222 Å². The van der Waals surface area contributed by atoms with Crippen molar-refractivity contribution in [2.24, 2.45) is 0 Å². The highest BCUT2D eigenvalue weighted by atomic mass is 16.5. The zero-order valence-corrected chi connectivity index (χ0v) is 21.6. The first-order chi connectivity index (χ1) is 18.5. The topological polar surface area (TPSA) is 85.3 Å². The summed E-state index contributed by atoms with van der Waals surface area (Å²) >= 11 is 0. The third kappa shape index (κ3) is 4.84. The van der Waals surface area contributed by atoms with E-state index in [9.17, 15) is 14.7 Å². The van der Waals surface area contributed by atoms with Crippen LogP contribution in [0.2, 0.25) is 0 Å². The molecule has 2 heterocycles. The van der Waals surface area contributed by atoms with E-state index >= 15 is 0 Å². The highest BCUT2D eigenvalue weighted by Gasteiger charge is 2.46. The van der Waals surface area contributed by atoms with Crippen LogP contribution in [-0.4, -0.2) is 42.0 Å². The van der Waals surface area contributed by atoms with Gasteiger partial charge in [0.05, 0.1) is 25.3 Å². The van der Waals surface area contributed by atoms with E-state index in [2.05, 4.69) is 0 Å². The fourth-order valence-electron chi connectivity index (χ4n) is 5.07. The van der Waals surface area contributed by atoms with E-state index in [4.69, 9.17) is 14.2 Å². The molecule has 2 aliphatic rings. The standard InChI is InChI=1S/C31H31NO6/c1-3-15-32-28(22-11-14-25(26(18-22)36-2)38-19-20-8-5-4-6-9-20)27(30(34)31(32)35)29(33)23-12-13-24-21(17-23)10-7-16-37-24/h4-6,8-9,11-14,17-18,28,33H,3,7,10,15-16,19H2,1-2H3/b29-27+. The maximum atomic E-state index is 13.3. The first-order valence-electron chi connectivity index (χ1n) is 12.9. The zero-order valence-electron chi connectivity index (χ0n) is 21.6. The first kappa shape index (κ1) is 25.4. The van der Waals surface area contributed by atoms with Crippen molar-refractivity contribution in [2.45, 2.75) is 38.8 Å². The summed E-state index contributed by atoms with van der Waals surface area (Å²) in [6, 6.07) is 19.8. The molecule has 7 nitrogen and oxygen atoms in total. The molecule has 0 spiro atoms. The Bertz CT molecular complexity index is 1380. The number of Topliss-reactive ketones (excluding diaryl/α,β-unsaturated/α-hetero) is 1. The van der Waals surface area contributed by atoms with Gasteiger partial charge in [0.15, 0.2) is 11.5 Å². The molecule has 1 fully saturated rings. The lowest BCUT2D eigenvalue weighted by molar-refractivity contribution is -0.139. The minimum Gasteiger partial charge on any atom is -0.507 e. The van der Waals surface area contributed by atoms with Crippen molar-refractivity contribution in [1.29, 1.82) is 0 Å². The highest BCUT2D eigenvalue weighted by molar-refractivity contribution is 6.46. The number of amides is 1. The van der Waals surface area contributed by atoms with E-state index in [1.54, 1.807) is 25.3 Å². The molecule has 1 unspecified atom stereocenters. The Morgan fingerprint density at radius 3 is 2.63 bits per heavy atom. The summed E-state index contributed by atoms with van der Waals surface area (Å²) in [6.45, 7) is 3.35. The number of carbonyl (C=O) groups excluding carboxylic acids is 2. The summed E-state index contributed by atoms with van der Waals surface area (Å²) < 4.78 is 17.3. The van der Waals surface area contributed by atoms with Gasteiger partial charge in [-0.1, -0.05) is 43.3 Å². The summed E-state index contributed by atoms with van der Waals surface area (Å²) in [5, 5.41) is 11.4. The molecule has 3 aromatic carbocycles. The van der Waals surface area contributed by atoms with E-state index in [1.807, 2.05) is 55.5 Å². The van der Waals surface area contributed by atoms with Gasteiger partial charge in [0, 0.05) is 12.1 Å². The lowest BCUT2D eigenvalue weighted by atomic mass is 9.93. The van der Waals surface area contributed by atoms with Crippen molar-refractivity contribution in [3.63, 3.8) is 0 Å². The second kappa shape index (κ2) is 11.0. The molecule has 196 valence electrons. The zero-order chi connectivity index (χ0) is 26.6. The van der Waals surface area contributed by atoms with Crippen LogP contribution in [0.5, 0.6) is 17.2 Å². The Morgan fingerprint density at radius 1 is 1.05 bits per heavy atom. The van der Waals surface area contributed by atoms with E-state index in [0.717, 1.165) is 29.7 Å². The van der Waals surface area contributed by atoms with Crippen LogP contribution in [0.25, 0.3) is 5.76 Å². The minimum absolute atomic E-state index is 0.0696. The van der Waals surface area contributed by atoms with Gasteiger partial charge >= 0.3 is 0 Å². The van der Waals surface area contributed by atoms with Crippen molar-refractivity contribution in [2.75, 3.05) is 20.3 Å². The number of benzene rings is 3. The van der Waals surface area contributed by atoms with E-state index in [-0.39, 0.29) is 11.3 Å². The molecule has 1 amide bonds. The quantitative estimate of drug-likeness (QED) is 0.246. The number of nitrogens with zero attached hydrogens (tertiary/aromatic N) is 1. The number of methoxy groups -OCH3 is 1. The molecule has 0 aromatic heterocycles. The van der Waals surface area contributed by atoms with Gasteiger partial charge in [-0.3, -0.25) is 9.59 Å². The smallest absolute Gasteiger partial charge is 0.295 e. The molecule has 2 aliphatic heterocycles. The predicted octanol–water partition coefficient (Wildman–Crippen LogP) is 5.43. The van der Waals surface area contributed by atoms with Crippen LogP contribution < -0.4 is 14.2 Å². The fraction of sp³-hybridized carbons (Fsp3) is 0.290. The van der Waals surface area contributed by atoms with Gasteiger partial charge in [-0.2, -0.15) is 0 Å². The van der Waals surface area contributed by atoms with Crippen molar-refractivity contribution >= 4 is 17.4 Å². The normalized spacial score (nSPS) is 18.2. The molecule has 1 saturated heterocycles. The number of aliphatic hydroxyl groups is 1. The van der Waals surface area contributed by atoms with Crippen molar-refractivity contribution in [1.82, 2.24) is 4.90 Å². The molecule has 5 rings (SSSR count). The summed E-state index contributed by atoms with van der Waals surface area (Å²) in [6.07, 6.45) is 2.37. The molecule has 0 saturated carbocycles. The molecular formula is C31H31NO6. The molecule has 1 atom stereocenters. The van der Waals surface area contributed by atoms with Gasteiger partial charge in [-0.15, -0.1) is 0 Å². The lowest BCUT2D eigenvalue weighted by Crippen LogP contribution is -2.30. The third-order valence-electron chi connectivity index (χ3n) is 6.93. The van der Waals surface area contributed by atoms with Gasteiger partial charge in [0.2, 0.25) is 0 Å². The number of ether oxygens (including phenoxy) is 3. The minimum atomic E-state index is -0.751. The molecule has 3 aromatic rings. The molecular weight excluding hydrogens is 482 g/mol. The maximum absolute atomic E-state index is 13.3. The first-order valence-corrected chi connectivity index (χ1v) is 12.9. The van der Waals surface area contributed by atoms with Crippen LogP contribution in [0.4, 0.5) is 0 Å². The fourth-order valence-corrected chi connectivity index (χ4v) is 5.07. The van der Waals surface area contributed by atoms with Gasteiger partial charge in [-0.05, 0) is 66.3 Å². The van der Waals surface area contributed by atoms with Crippen molar-refractivity contribution in [3.8, 4) is 17.2 Å². The number of aryl methyl sites for hydroxylation is 1. The molecule has 0 bridgehead atoms. The Kier molecular flexibility index (Phi) is 7.36. The molecule has 1 N–H and O–H groups in total. The van der Waals surface area contributed by atoms with Crippen molar-refractivity contribution < 1.29 is 28.9 Å². The van der Waals surface area contributed by atoms with E-state index < -0.39 is 17.7 Å². The second-order valence-corrected chi connectivity index (χ2v) is 9.45. The summed E-state index contributed by atoms with van der Waals surface area (Å²) in [4.78, 5) is 27.9. The highest BCUT2D eigenvalue weighted by Crippen LogP contribution is 2.42. The van der Waals surface area contributed by atoms with E-state index in [0.29, 0.717) is 48.8 Å². The summed E-state index contributed by atoms with van der Waals surface area (Å²) in [5.74, 6) is 0.297. The maximum Gasteiger partial charge on any atom is 0.295 e. The predicted molar refractivity (Wildman–Crippen MR) is 143 cm³/mol. The second-order valence-electron chi connectivity index (χ2n) is 9.45. The largest absolute Gasteiger partial charge is 0.507 e. The average molecular weight is 514 g/mol. The molecule has 0 radical (unpaired) electrons. The van der Waals surface area contributed by atoms with Gasteiger partial charge in [0.1, 0.15) is 18.1 Å². The van der Waals surface area contributed by atoms with Crippen LogP contribution in [-0.2, 0) is 22.6 Å². The lowest BCUT2D eigenvalue weighted by Gasteiger charge is -2.26. The number of ketones is 1. The summed E-state index contributed by atoms with van der Waals surface area (Å²) in [7, 11) is 1.55. The van der Waals surface area contributed by atoms with Gasteiger partial charge in [-0.25, -0.2) is 0 Å². The Hall–Kier alpha value is -4.26. The number of hydrogen-bond donors (Lipinski definition) is 1. The van der Waals surface area contributed by atoms with Crippen LogP contribution in [0.15, 0.2) is 72.3 Å². The number of fused-ring (bicyclic) bond motifs is 1. The third-order valence-corrected chi connectivity index (χ3v) is 6.93. The van der Waals surface area contributed by atoms with E-state index in [1.165, 1.54) is 4.90 Å². The molecule has 0 aliphatic carbocycles. The van der Waals surface area contributed by atoms with Crippen LogP contribution in [0.1, 0.15) is 48.1 Å². The van der Waals surface area contributed by atoms with Crippen LogP contribution in [0, 0.1) is 0 Å². The Morgan fingerprint density at radius 2 is 1.87 bits per heavy atom. The van der Waals surface area contributed by atoms with Gasteiger partial charge < -0.3 is 24.2 Å². The number of rotatable bonds is 8. The molecule has 7 heteroatoms.